The first-order valence-corrected chi connectivity index (χ1v) is 3.93. The van der Waals surface area contributed by atoms with Gasteiger partial charge in [0.25, 0.3) is 0 Å². The van der Waals surface area contributed by atoms with Crippen LogP contribution in [0.1, 0.15) is 11.1 Å². The average molecular weight is 176 g/mol. The lowest BCUT2D eigenvalue weighted by Crippen LogP contribution is -2.11. The van der Waals surface area contributed by atoms with Crippen molar-refractivity contribution in [3.63, 3.8) is 0 Å². The Morgan fingerprint density at radius 1 is 1.31 bits per heavy atom. The molecule has 0 spiro atoms. The van der Waals surface area contributed by atoms with Crippen molar-refractivity contribution in [2.75, 3.05) is 0 Å². The summed E-state index contributed by atoms with van der Waals surface area (Å²) in [7, 11) is 0. The smallest absolute Gasteiger partial charge is 0.248 e. The predicted molar refractivity (Wildman–Crippen MR) is 52.6 cm³/mol. The Morgan fingerprint density at radius 2 is 1.85 bits per heavy atom. The molecule has 1 rings (SSSR count). The van der Waals surface area contributed by atoms with Crippen molar-refractivity contribution in [3.8, 4) is 0 Å². The molecule has 3 heteroatoms. The van der Waals surface area contributed by atoms with Gasteiger partial charge >= 0.3 is 0 Å². The molecule has 0 aliphatic rings. The highest BCUT2D eigenvalue weighted by atomic mass is 16.1. The maximum absolute atomic E-state index is 10.8. The van der Waals surface area contributed by atoms with Crippen LogP contribution in [-0.2, 0) is 11.3 Å². The highest BCUT2D eigenvalue weighted by Gasteiger charge is 2.03. The molecule has 0 heterocycles. The summed E-state index contributed by atoms with van der Waals surface area (Å²) in [5.41, 5.74) is 12.6. The highest BCUT2D eigenvalue weighted by molar-refractivity contribution is 6.17. The number of primary amides is 1. The van der Waals surface area contributed by atoms with Crippen molar-refractivity contribution in [2.24, 2.45) is 11.5 Å². The fourth-order valence-electron chi connectivity index (χ4n) is 0.984. The molecule has 0 radical (unpaired) electrons. The first-order chi connectivity index (χ1) is 6.15. The van der Waals surface area contributed by atoms with E-state index in [1.165, 1.54) is 0 Å². The fourth-order valence-corrected chi connectivity index (χ4v) is 0.984. The van der Waals surface area contributed by atoms with Crippen molar-refractivity contribution in [2.45, 2.75) is 6.54 Å². The molecule has 0 atom stereocenters. The molecule has 0 fully saturated rings. The Kier molecular flexibility index (Phi) is 2.82. The molecular formula is C10H12N2O. The van der Waals surface area contributed by atoms with E-state index in [1.807, 2.05) is 12.1 Å². The van der Waals surface area contributed by atoms with Gasteiger partial charge in [0.05, 0.1) is 0 Å². The van der Waals surface area contributed by atoms with E-state index in [2.05, 4.69) is 6.58 Å². The van der Waals surface area contributed by atoms with E-state index in [4.69, 9.17) is 11.5 Å². The van der Waals surface area contributed by atoms with Crippen LogP contribution in [0.4, 0.5) is 0 Å². The molecule has 1 aromatic carbocycles. The van der Waals surface area contributed by atoms with Crippen molar-refractivity contribution in [1.82, 2.24) is 0 Å². The SMILES string of the molecule is C=C(C(N)=O)c1ccc(CN)cc1. The van der Waals surface area contributed by atoms with E-state index in [-0.39, 0.29) is 0 Å². The molecule has 4 N–H and O–H groups in total. The highest BCUT2D eigenvalue weighted by Crippen LogP contribution is 2.12. The number of benzene rings is 1. The predicted octanol–water partition coefficient (Wildman–Crippen LogP) is 0.644. The Hall–Kier alpha value is -1.61. The summed E-state index contributed by atoms with van der Waals surface area (Å²) >= 11 is 0. The van der Waals surface area contributed by atoms with Gasteiger partial charge in [0.1, 0.15) is 0 Å². The average Bonchev–Trinajstić information content (AvgIpc) is 2.17. The third-order valence-corrected chi connectivity index (χ3v) is 1.84. The topological polar surface area (TPSA) is 69.1 Å². The lowest BCUT2D eigenvalue weighted by atomic mass is 10.1. The van der Waals surface area contributed by atoms with Crippen molar-refractivity contribution < 1.29 is 4.79 Å². The van der Waals surface area contributed by atoms with Gasteiger partial charge in [-0.25, -0.2) is 0 Å². The summed E-state index contributed by atoms with van der Waals surface area (Å²) in [6.07, 6.45) is 0. The molecular weight excluding hydrogens is 164 g/mol. The Balaban J connectivity index is 2.92. The second-order valence-electron chi connectivity index (χ2n) is 2.74. The van der Waals surface area contributed by atoms with Crippen LogP contribution in [0.15, 0.2) is 30.8 Å². The summed E-state index contributed by atoms with van der Waals surface area (Å²) in [5.74, 6) is -0.500. The molecule has 0 saturated carbocycles. The van der Waals surface area contributed by atoms with Crippen LogP contribution in [0.2, 0.25) is 0 Å². The van der Waals surface area contributed by atoms with Gasteiger partial charge in [-0.2, -0.15) is 0 Å². The van der Waals surface area contributed by atoms with Gasteiger partial charge in [-0.1, -0.05) is 30.8 Å². The Bertz CT molecular complexity index is 327. The molecule has 0 aliphatic carbocycles. The normalized spacial score (nSPS) is 9.62. The summed E-state index contributed by atoms with van der Waals surface area (Å²) in [5, 5.41) is 0. The molecule has 13 heavy (non-hydrogen) atoms. The number of rotatable bonds is 3. The van der Waals surface area contributed by atoms with Crippen LogP contribution in [-0.4, -0.2) is 5.91 Å². The monoisotopic (exact) mass is 176 g/mol. The zero-order chi connectivity index (χ0) is 9.84. The van der Waals surface area contributed by atoms with E-state index in [9.17, 15) is 4.79 Å². The van der Waals surface area contributed by atoms with Gasteiger partial charge < -0.3 is 11.5 Å². The van der Waals surface area contributed by atoms with Crippen LogP contribution >= 0.6 is 0 Å². The largest absolute Gasteiger partial charge is 0.366 e. The second-order valence-corrected chi connectivity index (χ2v) is 2.74. The zero-order valence-electron chi connectivity index (χ0n) is 7.29. The molecule has 0 saturated heterocycles. The summed E-state index contributed by atoms with van der Waals surface area (Å²) in [6, 6.07) is 7.28. The molecule has 0 bridgehead atoms. The molecule has 0 aromatic heterocycles. The summed E-state index contributed by atoms with van der Waals surface area (Å²) < 4.78 is 0. The lowest BCUT2D eigenvalue weighted by molar-refractivity contribution is -0.112. The fraction of sp³-hybridized carbons (Fsp3) is 0.100. The number of carbonyl (C=O) groups excluding carboxylic acids is 1. The van der Waals surface area contributed by atoms with Gasteiger partial charge in [0.15, 0.2) is 0 Å². The molecule has 1 aromatic rings. The third-order valence-electron chi connectivity index (χ3n) is 1.84. The quantitative estimate of drug-likeness (QED) is 0.664. The van der Waals surface area contributed by atoms with Gasteiger partial charge in [0, 0.05) is 12.1 Å². The minimum atomic E-state index is -0.500. The standard InChI is InChI=1S/C10H12N2O/c1-7(10(12)13)9-4-2-8(6-11)3-5-9/h2-5H,1,6,11H2,(H2,12,13). The minimum absolute atomic E-state index is 0.323. The Morgan fingerprint density at radius 3 is 2.23 bits per heavy atom. The van der Waals surface area contributed by atoms with Crippen molar-refractivity contribution in [3.05, 3.63) is 42.0 Å². The molecule has 0 unspecified atom stereocenters. The summed E-state index contributed by atoms with van der Waals surface area (Å²) in [6.45, 7) is 4.06. The van der Waals surface area contributed by atoms with E-state index in [1.54, 1.807) is 12.1 Å². The van der Waals surface area contributed by atoms with Crippen LogP contribution in [0, 0.1) is 0 Å². The number of hydrogen-bond donors (Lipinski definition) is 2. The van der Waals surface area contributed by atoms with Gasteiger partial charge in [0.2, 0.25) is 5.91 Å². The number of carbonyl (C=O) groups is 1. The number of hydrogen-bond acceptors (Lipinski definition) is 2. The van der Waals surface area contributed by atoms with Crippen LogP contribution in [0.3, 0.4) is 0 Å². The maximum Gasteiger partial charge on any atom is 0.248 e. The molecule has 1 amide bonds. The third kappa shape index (κ3) is 2.16. The first-order valence-electron chi connectivity index (χ1n) is 3.93. The van der Waals surface area contributed by atoms with Crippen molar-refractivity contribution >= 4 is 11.5 Å². The van der Waals surface area contributed by atoms with Crippen LogP contribution in [0.5, 0.6) is 0 Å². The molecule has 68 valence electrons. The van der Waals surface area contributed by atoms with E-state index in [0.29, 0.717) is 12.1 Å². The Labute approximate surface area is 77.0 Å². The minimum Gasteiger partial charge on any atom is -0.366 e. The molecule has 3 nitrogen and oxygen atoms in total. The number of amides is 1. The molecule has 0 aliphatic heterocycles. The zero-order valence-corrected chi connectivity index (χ0v) is 7.29. The van der Waals surface area contributed by atoms with Gasteiger partial charge in [-0.3, -0.25) is 4.79 Å². The van der Waals surface area contributed by atoms with Crippen LogP contribution < -0.4 is 11.5 Å². The van der Waals surface area contributed by atoms with Crippen molar-refractivity contribution in [1.29, 1.82) is 0 Å². The van der Waals surface area contributed by atoms with E-state index in [0.717, 1.165) is 11.1 Å². The maximum atomic E-state index is 10.8. The van der Waals surface area contributed by atoms with Gasteiger partial charge in [-0.05, 0) is 11.1 Å². The second kappa shape index (κ2) is 3.87. The lowest BCUT2D eigenvalue weighted by Gasteiger charge is -2.02. The van der Waals surface area contributed by atoms with Crippen LogP contribution in [0.25, 0.3) is 5.57 Å². The summed E-state index contributed by atoms with van der Waals surface area (Å²) in [4.78, 5) is 10.8. The number of nitrogens with two attached hydrogens (primary N) is 2. The van der Waals surface area contributed by atoms with Gasteiger partial charge in [-0.15, -0.1) is 0 Å². The first kappa shape index (κ1) is 9.48. The van der Waals surface area contributed by atoms with E-state index >= 15 is 0 Å². The van der Waals surface area contributed by atoms with E-state index < -0.39 is 5.91 Å².